The highest BCUT2D eigenvalue weighted by atomic mass is 14.9. The fourth-order valence-corrected chi connectivity index (χ4v) is 1.21. The smallest absolute Gasteiger partial charge is 0.171 e. The van der Waals surface area contributed by atoms with Crippen LogP contribution in [0.1, 0.15) is 25.3 Å². The quantitative estimate of drug-likeness (QED) is 0.462. The van der Waals surface area contributed by atoms with Crippen LogP contribution in [-0.4, -0.2) is 5.87 Å². The Hall–Kier alpha value is -2.42. The van der Waals surface area contributed by atoms with Gasteiger partial charge in [0.1, 0.15) is 24.3 Å². The molecule has 0 fully saturated rings. The van der Waals surface area contributed by atoms with Crippen LogP contribution in [0.2, 0.25) is 0 Å². The molecular weight excluding hydrogens is 224 g/mol. The van der Waals surface area contributed by atoms with Crippen LogP contribution >= 0.6 is 0 Å². The number of aryl methyl sites for hydroxylation is 2. The Morgan fingerprint density at radius 1 is 1.39 bits per heavy atom. The van der Waals surface area contributed by atoms with Crippen molar-refractivity contribution < 1.29 is 4.57 Å². The summed E-state index contributed by atoms with van der Waals surface area (Å²) in [5, 5.41) is 23.4. The van der Waals surface area contributed by atoms with Gasteiger partial charge in [0.25, 0.3) is 0 Å². The Balaban J connectivity index is 0.000000360. The molecule has 92 valence electrons. The molecule has 0 aliphatic heterocycles. The summed E-state index contributed by atoms with van der Waals surface area (Å²) >= 11 is 0. The molecule has 4 nitrogen and oxygen atoms in total. The second-order valence-corrected chi connectivity index (χ2v) is 3.68. The zero-order valence-corrected chi connectivity index (χ0v) is 10.7. The molecule has 0 saturated carbocycles. The Labute approximate surface area is 108 Å². The normalized spacial score (nSPS) is 8.00. The zero-order chi connectivity index (χ0) is 13.8. The maximum Gasteiger partial charge on any atom is 0.171 e. The first-order chi connectivity index (χ1) is 8.67. The number of allylic oxidation sites excluding steroid dienone is 1. The van der Waals surface area contributed by atoms with E-state index in [9.17, 15) is 0 Å². The van der Waals surface area contributed by atoms with Gasteiger partial charge in [-0.2, -0.15) is 10.5 Å². The lowest BCUT2D eigenvalue weighted by molar-refractivity contribution is -0.697. The molecule has 0 aliphatic carbocycles. The molecule has 0 bridgehead atoms. The van der Waals surface area contributed by atoms with Crippen molar-refractivity contribution in [3.63, 3.8) is 0 Å². The maximum absolute atomic E-state index is 7.79. The number of unbranched alkanes of at least 4 members (excludes halogenated alkanes) is 1. The molecule has 0 spiro atoms. The van der Waals surface area contributed by atoms with Crippen molar-refractivity contribution in [2.24, 2.45) is 0 Å². The standard InChI is InChI=1S/C10H16N.C4N3/c1-3-4-7-11-8-5-6-10(2)9-11;5-1-4(2-6)3-7/h5-6,8-9H,3-4,7H2,1-2H3;/q+1;-1. The summed E-state index contributed by atoms with van der Waals surface area (Å²) < 4.78 is 2.25. The van der Waals surface area contributed by atoms with Gasteiger partial charge in [-0.25, -0.2) is 10.4 Å². The Kier molecular flexibility index (Phi) is 8.47. The number of hydrogen-bond donors (Lipinski definition) is 0. The van der Waals surface area contributed by atoms with Crippen molar-refractivity contribution in [2.45, 2.75) is 33.2 Å². The van der Waals surface area contributed by atoms with E-state index in [1.807, 2.05) is 0 Å². The minimum absolute atomic E-state index is 0.403. The number of nitriles is 2. The minimum atomic E-state index is -0.403. The molecule has 0 amide bonds. The zero-order valence-electron chi connectivity index (χ0n) is 10.7. The van der Waals surface area contributed by atoms with Crippen LogP contribution in [-0.2, 0) is 6.54 Å². The molecule has 0 N–H and O–H groups in total. The number of pyridine rings is 1. The largest absolute Gasteiger partial charge is 0.762 e. The van der Waals surface area contributed by atoms with Crippen LogP contribution in [0.15, 0.2) is 30.1 Å². The SMILES string of the molecule is CCCC[n+]1cccc(C)c1.N#CC(=C=[N-])C#N. The van der Waals surface area contributed by atoms with Crippen LogP contribution < -0.4 is 4.57 Å². The molecule has 0 unspecified atom stereocenters. The highest BCUT2D eigenvalue weighted by Gasteiger charge is 1.97. The Bertz CT molecular complexity index is 483. The Morgan fingerprint density at radius 3 is 2.44 bits per heavy atom. The summed E-state index contributed by atoms with van der Waals surface area (Å²) in [6.07, 6.45) is 6.85. The van der Waals surface area contributed by atoms with Gasteiger partial charge in [0.2, 0.25) is 0 Å². The van der Waals surface area contributed by atoms with E-state index in [1.54, 1.807) is 0 Å². The number of hydrogen-bond acceptors (Lipinski definition) is 2. The third kappa shape index (κ3) is 6.95. The van der Waals surface area contributed by atoms with Crippen molar-refractivity contribution in [1.82, 2.24) is 0 Å². The van der Waals surface area contributed by atoms with E-state index in [0.29, 0.717) is 0 Å². The third-order valence-electron chi connectivity index (χ3n) is 2.11. The van der Waals surface area contributed by atoms with E-state index in [2.05, 4.69) is 42.9 Å². The first-order valence-corrected chi connectivity index (χ1v) is 5.70. The van der Waals surface area contributed by atoms with Crippen LogP contribution in [0, 0.1) is 29.6 Å². The highest BCUT2D eigenvalue weighted by molar-refractivity contribution is 5.71. The summed E-state index contributed by atoms with van der Waals surface area (Å²) in [6, 6.07) is 7.02. The van der Waals surface area contributed by atoms with Gasteiger partial charge in [-0.1, -0.05) is 13.3 Å². The van der Waals surface area contributed by atoms with Gasteiger partial charge >= 0.3 is 0 Å². The lowest BCUT2D eigenvalue weighted by Gasteiger charge is -1.94. The topological polar surface area (TPSA) is 73.8 Å². The van der Waals surface area contributed by atoms with E-state index in [4.69, 9.17) is 15.9 Å². The third-order valence-corrected chi connectivity index (χ3v) is 2.11. The molecule has 4 heteroatoms. The van der Waals surface area contributed by atoms with Crippen molar-refractivity contribution in [2.75, 3.05) is 0 Å². The van der Waals surface area contributed by atoms with E-state index >= 15 is 0 Å². The molecule has 0 saturated heterocycles. The maximum atomic E-state index is 7.79. The van der Waals surface area contributed by atoms with E-state index < -0.39 is 5.57 Å². The lowest BCUT2D eigenvalue weighted by atomic mass is 10.3. The summed E-state index contributed by atoms with van der Waals surface area (Å²) in [6.45, 7) is 5.50. The van der Waals surface area contributed by atoms with Gasteiger partial charge in [-0.05, 0) is 13.0 Å². The monoisotopic (exact) mass is 240 g/mol. The molecule has 0 radical (unpaired) electrons. The van der Waals surface area contributed by atoms with Crippen molar-refractivity contribution in [3.05, 3.63) is 41.1 Å². The predicted octanol–water partition coefficient (Wildman–Crippen LogP) is 2.28. The molecular formula is C14H16N4. The van der Waals surface area contributed by atoms with Gasteiger partial charge in [-0.15, -0.1) is 0 Å². The van der Waals surface area contributed by atoms with Gasteiger partial charge < -0.3 is 5.41 Å². The molecule has 1 rings (SSSR count). The molecule has 0 atom stereocenters. The molecule has 1 heterocycles. The lowest BCUT2D eigenvalue weighted by Crippen LogP contribution is -2.32. The fraction of sp³-hybridized carbons (Fsp3) is 0.357. The van der Waals surface area contributed by atoms with Gasteiger partial charge in [0.05, 0.1) is 0 Å². The molecule has 1 aromatic rings. The van der Waals surface area contributed by atoms with Crippen molar-refractivity contribution >= 4 is 5.87 Å². The number of nitrogens with zero attached hydrogens (tertiary/aromatic N) is 4. The fourth-order valence-electron chi connectivity index (χ4n) is 1.21. The molecule has 0 aliphatic rings. The summed E-state index contributed by atoms with van der Waals surface area (Å²) in [7, 11) is 0. The van der Waals surface area contributed by atoms with Crippen LogP contribution in [0.25, 0.3) is 5.41 Å². The summed E-state index contributed by atoms with van der Waals surface area (Å²) in [4.78, 5) is 0. The Morgan fingerprint density at radius 2 is 2.06 bits per heavy atom. The van der Waals surface area contributed by atoms with Crippen LogP contribution in [0.4, 0.5) is 0 Å². The first-order valence-electron chi connectivity index (χ1n) is 5.70. The van der Waals surface area contributed by atoms with E-state index in [-0.39, 0.29) is 0 Å². The van der Waals surface area contributed by atoms with Gasteiger partial charge in [-0.3, -0.25) is 0 Å². The minimum Gasteiger partial charge on any atom is -0.762 e. The van der Waals surface area contributed by atoms with Gasteiger partial charge in [0, 0.05) is 18.1 Å². The van der Waals surface area contributed by atoms with Crippen molar-refractivity contribution in [1.29, 1.82) is 10.5 Å². The van der Waals surface area contributed by atoms with Gasteiger partial charge in [0.15, 0.2) is 12.4 Å². The second kappa shape index (κ2) is 9.78. The average Bonchev–Trinajstić information content (AvgIpc) is 2.39. The first kappa shape index (κ1) is 15.6. The number of rotatable bonds is 3. The predicted molar refractivity (Wildman–Crippen MR) is 69.4 cm³/mol. The highest BCUT2D eigenvalue weighted by Crippen LogP contribution is 1.91. The van der Waals surface area contributed by atoms with E-state index in [0.717, 1.165) is 6.54 Å². The molecule has 18 heavy (non-hydrogen) atoms. The summed E-state index contributed by atoms with van der Waals surface area (Å²) in [5.74, 6) is 1.40. The number of aromatic nitrogens is 1. The van der Waals surface area contributed by atoms with E-state index in [1.165, 1.54) is 36.4 Å². The second-order valence-electron chi connectivity index (χ2n) is 3.68. The molecule has 0 aromatic carbocycles. The summed E-state index contributed by atoms with van der Waals surface area (Å²) in [5.41, 5.74) is 0.934. The van der Waals surface area contributed by atoms with Crippen LogP contribution in [0.3, 0.4) is 0 Å². The average molecular weight is 240 g/mol. The van der Waals surface area contributed by atoms with Crippen LogP contribution in [0.5, 0.6) is 0 Å². The van der Waals surface area contributed by atoms with Crippen molar-refractivity contribution in [3.8, 4) is 12.1 Å². The molecule has 1 aromatic heterocycles.